The van der Waals surface area contributed by atoms with Crippen LogP contribution in [0, 0.1) is 5.82 Å². The molecule has 0 saturated carbocycles. The number of ether oxygens (including phenoxy) is 1. The Hall–Kier alpha value is -3.97. The molecule has 3 aromatic carbocycles. The summed E-state index contributed by atoms with van der Waals surface area (Å²) in [5.41, 5.74) is 5.11. The first-order chi connectivity index (χ1) is 15.6. The number of aromatic amines is 1. The van der Waals surface area contributed by atoms with Gasteiger partial charge in [0.05, 0.1) is 16.9 Å². The Labute approximate surface area is 188 Å². The number of hydrogen-bond acceptors (Lipinski definition) is 4. The number of halogens is 2. The minimum absolute atomic E-state index is 0.0920. The predicted octanol–water partition coefficient (Wildman–Crippen LogP) is 5.21. The molecule has 8 heteroatoms. The zero-order valence-electron chi connectivity index (χ0n) is 16.8. The fourth-order valence-electron chi connectivity index (χ4n) is 2.90. The van der Waals surface area contributed by atoms with E-state index >= 15 is 0 Å². The smallest absolute Gasteiger partial charge is 0.289 e. The lowest BCUT2D eigenvalue weighted by Gasteiger charge is -2.06. The monoisotopic (exact) mass is 448 g/mol. The number of aromatic nitrogens is 2. The second-order valence-electron chi connectivity index (χ2n) is 6.80. The maximum Gasteiger partial charge on any atom is 0.289 e. The molecule has 4 rings (SSSR count). The normalized spacial score (nSPS) is 10.9. The quantitative estimate of drug-likeness (QED) is 0.301. The molecule has 1 aromatic heterocycles. The van der Waals surface area contributed by atoms with Crippen LogP contribution in [0.2, 0.25) is 5.02 Å². The van der Waals surface area contributed by atoms with E-state index in [1.807, 2.05) is 54.6 Å². The Bertz CT molecular complexity index is 1220. The molecule has 0 radical (unpaired) electrons. The van der Waals surface area contributed by atoms with E-state index in [0.717, 1.165) is 23.1 Å². The van der Waals surface area contributed by atoms with E-state index in [0.29, 0.717) is 12.3 Å². The van der Waals surface area contributed by atoms with Gasteiger partial charge in [-0.3, -0.25) is 9.89 Å². The van der Waals surface area contributed by atoms with Gasteiger partial charge in [-0.1, -0.05) is 48.0 Å². The van der Waals surface area contributed by atoms with Crippen LogP contribution in [-0.2, 0) is 6.61 Å². The Morgan fingerprint density at radius 3 is 2.62 bits per heavy atom. The van der Waals surface area contributed by atoms with Crippen molar-refractivity contribution in [1.29, 1.82) is 0 Å². The molecule has 0 spiro atoms. The molecular formula is C24H18ClFN4O2. The number of nitrogens with zero attached hydrogens (tertiary/aromatic N) is 2. The molecule has 160 valence electrons. The van der Waals surface area contributed by atoms with Gasteiger partial charge in [-0.15, -0.1) is 0 Å². The van der Waals surface area contributed by atoms with Gasteiger partial charge >= 0.3 is 0 Å². The predicted molar refractivity (Wildman–Crippen MR) is 121 cm³/mol. The van der Waals surface area contributed by atoms with Crippen LogP contribution in [0.4, 0.5) is 4.39 Å². The highest BCUT2D eigenvalue weighted by Crippen LogP contribution is 2.22. The van der Waals surface area contributed by atoms with Crippen LogP contribution < -0.4 is 10.2 Å². The van der Waals surface area contributed by atoms with Crippen LogP contribution in [0.5, 0.6) is 5.75 Å². The van der Waals surface area contributed by atoms with Gasteiger partial charge in [0.2, 0.25) is 0 Å². The van der Waals surface area contributed by atoms with E-state index in [4.69, 9.17) is 16.3 Å². The largest absolute Gasteiger partial charge is 0.489 e. The summed E-state index contributed by atoms with van der Waals surface area (Å²) in [4.78, 5) is 12.3. The molecule has 0 fully saturated rings. The van der Waals surface area contributed by atoms with Crippen LogP contribution >= 0.6 is 11.6 Å². The number of carbonyl (C=O) groups is 1. The number of H-pyrrole nitrogens is 1. The fourth-order valence-corrected chi connectivity index (χ4v) is 3.11. The highest BCUT2D eigenvalue weighted by molar-refractivity contribution is 6.33. The maximum absolute atomic E-state index is 13.7. The van der Waals surface area contributed by atoms with Crippen molar-refractivity contribution in [2.24, 2.45) is 5.10 Å². The number of nitrogens with one attached hydrogen (secondary N) is 2. The molecule has 0 atom stereocenters. The molecular weight excluding hydrogens is 431 g/mol. The van der Waals surface area contributed by atoms with Crippen molar-refractivity contribution < 1.29 is 13.9 Å². The van der Waals surface area contributed by atoms with Gasteiger partial charge < -0.3 is 4.74 Å². The Morgan fingerprint density at radius 2 is 1.88 bits per heavy atom. The Morgan fingerprint density at radius 1 is 1.09 bits per heavy atom. The van der Waals surface area contributed by atoms with E-state index < -0.39 is 11.7 Å². The third-order valence-corrected chi connectivity index (χ3v) is 4.91. The third-order valence-electron chi connectivity index (χ3n) is 4.58. The van der Waals surface area contributed by atoms with Crippen LogP contribution in [0.25, 0.3) is 11.3 Å². The summed E-state index contributed by atoms with van der Waals surface area (Å²) in [6, 6.07) is 23.2. The van der Waals surface area contributed by atoms with Gasteiger partial charge in [0.1, 0.15) is 23.9 Å². The van der Waals surface area contributed by atoms with E-state index in [-0.39, 0.29) is 16.3 Å². The maximum atomic E-state index is 13.7. The molecule has 0 bridgehead atoms. The third kappa shape index (κ3) is 5.19. The van der Waals surface area contributed by atoms with Crippen molar-refractivity contribution in [3.63, 3.8) is 0 Å². The Balaban J connectivity index is 1.36. The second-order valence-corrected chi connectivity index (χ2v) is 7.21. The molecule has 0 unspecified atom stereocenters. The molecule has 6 nitrogen and oxygen atoms in total. The average Bonchev–Trinajstić information content (AvgIpc) is 3.31. The fraction of sp³-hybridized carbons (Fsp3) is 0.0417. The van der Waals surface area contributed by atoms with Crippen molar-refractivity contribution in [1.82, 2.24) is 15.6 Å². The van der Waals surface area contributed by atoms with E-state index in [1.54, 1.807) is 6.07 Å². The summed E-state index contributed by atoms with van der Waals surface area (Å²) in [7, 11) is 0. The van der Waals surface area contributed by atoms with Gasteiger partial charge in [0, 0.05) is 11.1 Å². The zero-order chi connectivity index (χ0) is 22.3. The number of amides is 1. The summed E-state index contributed by atoms with van der Waals surface area (Å²) in [5.74, 6) is -0.321. The summed E-state index contributed by atoms with van der Waals surface area (Å²) in [6.07, 6.45) is 1.15. The molecule has 0 aliphatic rings. The molecule has 32 heavy (non-hydrogen) atoms. The average molecular weight is 449 g/mol. The molecule has 2 N–H and O–H groups in total. The van der Waals surface area contributed by atoms with Gasteiger partial charge in [0.15, 0.2) is 0 Å². The van der Waals surface area contributed by atoms with Crippen LogP contribution in [0.1, 0.15) is 21.6 Å². The zero-order valence-corrected chi connectivity index (χ0v) is 17.5. The van der Waals surface area contributed by atoms with Crippen LogP contribution in [0.15, 0.2) is 84.0 Å². The summed E-state index contributed by atoms with van der Waals surface area (Å²) < 4.78 is 19.5. The van der Waals surface area contributed by atoms with Crippen molar-refractivity contribution in [2.45, 2.75) is 6.61 Å². The first-order valence-electron chi connectivity index (χ1n) is 9.70. The van der Waals surface area contributed by atoms with Crippen LogP contribution in [-0.4, -0.2) is 22.3 Å². The molecule has 0 aliphatic heterocycles. The van der Waals surface area contributed by atoms with E-state index in [2.05, 4.69) is 20.7 Å². The van der Waals surface area contributed by atoms with Crippen LogP contribution in [0.3, 0.4) is 0 Å². The van der Waals surface area contributed by atoms with E-state index in [1.165, 1.54) is 18.2 Å². The lowest BCUT2D eigenvalue weighted by Crippen LogP contribution is -2.18. The first kappa shape index (κ1) is 21.3. The minimum atomic E-state index is -0.532. The number of benzene rings is 3. The number of hydrazone groups is 1. The highest BCUT2D eigenvalue weighted by Gasteiger charge is 2.11. The Kier molecular flexibility index (Phi) is 6.57. The van der Waals surface area contributed by atoms with E-state index in [9.17, 15) is 9.18 Å². The molecule has 0 saturated heterocycles. The lowest BCUT2D eigenvalue weighted by atomic mass is 10.1. The molecule has 1 heterocycles. The van der Waals surface area contributed by atoms with Gasteiger partial charge in [-0.2, -0.15) is 10.2 Å². The highest BCUT2D eigenvalue weighted by atomic mass is 35.5. The topological polar surface area (TPSA) is 79.4 Å². The second kappa shape index (κ2) is 9.89. The number of rotatable bonds is 7. The first-order valence-corrected chi connectivity index (χ1v) is 10.1. The lowest BCUT2D eigenvalue weighted by molar-refractivity contribution is 0.0950. The summed E-state index contributed by atoms with van der Waals surface area (Å²) in [6.45, 7) is 0.478. The van der Waals surface area contributed by atoms with Crippen molar-refractivity contribution in [2.75, 3.05) is 0 Å². The molecule has 1 amide bonds. The summed E-state index contributed by atoms with van der Waals surface area (Å²) >= 11 is 5.93. The van der Waals surface area contributed by atoms with Gasteiger partial charge in [-0.05, 0) is 48.0 Å². The van der Waals surface area contributed by atoms with Gasteiger partial charge in [0.25, 0.3) is 5.91 Å². The van der Waals surface area contributed by atoms with Gasteiger partial charge in [-0.25, -0.2) is 9.82 Å². The summed E-state index contributed by atoms with van der Waals surface area (Å²) in [5, 5.41) is 10.8. The molecule has 4 aromatic rings. The van der Waals surface area contributed by atoms with Crippen molar-refractivity contribution in [3.05, 3.63) is 107 Å². The minimum Gasteiger partial charge on any atom is -0.489 e. The standard InChI is InChI=1S/C24H18ClFN4O2/c25-20-7-4-8-21(26)19(20)14-27-30-24(31)23-13-22(28-29-23)17-9-11-18(12-10-17)32-15-16-5-2-1-3-6-16/h1-14H,15H2,(H,28,29)(H,30,31)/b27-14-. The SMILES string of the molecule is O=C(N/N=C\c1c(F)cccc1Cl)c1cc(-c2ccc(OCc3ccccc3)cc2)n[nH]1. The number of hydrogen-bond donors (Lipinski definition) is 2. The van der Waals surface area contributed by atoms with Crippen molar-refractivity contribution in [3.8, 4) is 17.0 Å². The molecule has 0 aliphatic carbocycles. The van der Waals surface area contributed by atoms with Crippen molar-refractivity contribution >= 4 is 23.7 Å². The number of carbonyl (C=O) groups excluding carboxylic acids is 1.